The molecule has 0 saturated heterocycles. The van der Waals surface area contributed by atoms with Crippen LogP contribution in [0.25, 0.3) is 0 Å². The number of hydrogen-bond donors (Lipinski definition) is 0. The first-order valence-electron chi connectivity index (χ1n) is 5.81. The summed E-state index contributed by atoms with van der Waals surface area (Å²) in [6, 6.07) is 17.3. The zero-order valence-corrected chi connectivity index (χ0v) is 10.9. The summed E-state index contributed by atoms with van der Waals surface area (Å²) in [6.45, 7) is 2.19. The molecule has 0 saturated carbocycles. The number of para-hydroxylation sites is 1. The molecule has 1 heterocycles. The predicted octanol–water partition coefficient (Wildman–Crippen LogP) is 4.24. The largest absolute Gasteiger partial charge is 0.357 e. The molecule has 1 atom stereocenters. The van der Waals surface area contributed by atoms with Crippen molar-refractivity contribution >= 4 is 17.4 Å². The Balaban J connectivity index is 2.02. The van der Waals surface area contributed by atoms with E-state index in [-0.39, 0.29) is 0 Å². The highest BCUT2D eigenvalue weighted by Crippen LogP contribution is 2.50. The molecule has 0 bridgehead atoms. The molecule has 1 aliphatic rings. The fourth-order valence-electron chi connectivity index (χ4n) is 2.31. The molecule has 2 aromatic rings. The zero-order chi connectivity index (χ0) is 11.8. The van der Waals surface area contributed by atoms with Gasteiger partial charge in [0.2, 0.25) is 0 Å². The smallest absolute Gasteiger partial charge is 0.105 e. The van der Waals surface area contributed by atoms with Crippen molar-refractivity contribution in [1.29, 1.82) is 0 Å². The minimum absolute atomic E-state index is 0.411. The van der Waals surface area contributed by atoms with Gasteiger partial charge in [0.25, 0.3) is 0 Å². The van der Waals surface area contributed by atoms with E-state index < -0.39 is 0 Å². The second-order valence-corrected chi connectivity index (χ2v) is 5.53. The first-order chi connectivity index (χ1) is 8.27. The van der Waals surface area contributed by atoms with Crippen molar-refractivity contribution in [1.82, 2.24) is 0 Å². The van der Waals surface area contributed by atoms with Gasteiger partial charge in [-0.3, -0.25) is 0 Å². The van der Waals surface area contributed by atoms with Gasteiger partial charge >= 0.3 is 0 Å². The van der Waals surface area contributed by atoms with Crippen LogP contribution in [0.2, 0.25) is 0 Å². The molecule has 17 heavy (non-hydrogen) atoms. The Morgan fingerprint density at radius 2 is 1.71 bits per heavy atom. The van der Waals surface area contributed by atoms with Crippen molar-refractivity contribution in [3.63, 3.8) is 0 Å². The van der Waals surface area contributed by atoms with Gasteiger partial charge in [-0.2, -0.15) is 0 Å². The Morgan fingerprint density at radius 1 is 1.00 bits per heavy atom. The standard InChI is InChI=1S/C15H15NS/c1-11-7-3-4-8-12(11)15-16(2)13-9-5-6-10-14(13)17-15/h3-10,15H,1-2H3. The maximum absolute atomic E-state index is 2.36. The van der Waals surface area contributed by atoms with E-state index in [1.54, 1.807) is 0 Å². The number of thioether (sulfide) groups is 1. The molecule has 0 N–H and O–H groups in total. The molecular formula is C15H15NS. The van der Waals surface area contributed by atoms with Crippen LogP contribution in [-0.2, 0) is 0 Å². The average Bonchev–Trinajstić information content (AvgIpc) is 2.68. The summed E-state index contributed by atoms with van der Waals surface area (Å²) in [4.78, 5) is 3.74. The molecule has 1 unspecified atom stereocenters. The van der Waals surface area contributed by atoms with Gasteiger partial charge in [-0.05, 0) is 30.2 Å². The van der Waals surface area contributed by atoms with Crippen molar-refractivity contribution in [2.75, 3.05) is 11.9 Å². The van der Waals surface area contributed by atoms with Crippen molar-refractivity contribution in [2.24, 2.45) is 0 Å². The van der Waals surface area contributed by atoms with Crippen LogP contribution in [-0.4, -0.2) is 7.05 Å². The summed E-state index contributed by atoms with van der Waals surface area (Å²) in [5.41, 5.74) is 4.12. The fraction of sp³-hybridized carbons (Fsp3) is 0.200. The Kier molecular flexibility index (Phi) is 2.60. The van der Waals surface area contributed by atoms with E-state index >= 15 is 0 Å². The van der Waals surface area contributed by atoms with Crippen LogP contribution >= 0.6 is 11.8 Å². The second-order valence-electron chi connectivity index (χ2n) is 4.41. The number of benzene rings is 2. The highest BCUT2D eigenvalue weighted by molar-refractivity contribution is 8.00. The lowest BCUT2D eigenvalue weighted by molar-refractivity contribution is 0.905. The number of nitrogens with zero attached hydrogens (tertiary/aromatic N) is 1. The fourth-order valence-corrected chi connectivity index (χ4v) is 3.70. The topological polar surface area (TPSA) is 3.24 Å². The van der Waals surface area contributed by atoms with Crippen LogP contribution in [0.4, 0.5) is 5.69 Å². The predicted molar refractivity (Wildman–Crippen MR) is 74.6 cm³/mol. The SMILES string of the molecule is Cc1ccccc1C1Sc2ccccc2N1C. The van der Waals surface area contributed by atoms with Gasteiger partial charge in [0.15, 0.2) is 0 Å². The Bertz CT molecular complexity index is 550. The molecule has 1 nitrogen and oxygen atoms in total. The molecule has 0 aliphatic carbocycles. The van der Waals surface area contributed by atoms with Gasteiger partial charge in [0, 0.05) is 11.9 Å². The molecule has 2 aromatic carbocycles. The maximum Gasteiger partial charge on any atom is 0.105 e. The molecular weight excluding hydrogens is 226 g/mol. The van der Waals surface area contributed by atoms with Gasteiger partial charge in [-0.1, -0.05) is 48.2 Å². The van der Waals surface area contributed by atoms with Crippen molar-refractivity contribution in [2.45, 2.75) is 17.2 Å². The molecule has 0 radical (unpaired) electrons. The molecule has 0 spiro atoms. The van der Waals surface area contributed by atoms with Gasteiger partial charge in [-0.15, -0.1) is 0 Å². The van der Waals surface area contributed by atoms with Crippen LogP contribution in [0.15, 0.2) is 53.4 Å². The highest BCUT2D eigenvalue weighted by Gasteiger charge is 2.28. The van der Waals surface area contributed by atoms with Gasteiger partial charge in [0.05, 0.1) is 5.69 Å². The normalized spacial score (nSPS) is 18.2. The summed E-state index contributed by atoms with van der Waals surface area (Å²) in [6.07, 6.45) is 0. The Morgan fingerprint density at radius 3 is 2.47 bits per heavy atom. The number of hydrogen-bond acceptors (Lipinski definition) is 2. The number of rotatable bonds is 1. The molecule has 1 aliphatic heterocycles. The summed E-state index contributed by atoms with van der Waals surface area (Å²) < 4.78 is 0. The van der Waals surface area contributed by atoms with Gasteiger partial charge in [-0.25, -0.2) is 0 Å². The van der Waals surface area contributed by atoms with E-state index in [0.29, 0.717) is 5.37 Å². The summed E-state index contributed by atoms with van der Waals surface area (Å²) in [7, 11) is 2.18. The van der Waals surface area contributed by atoms with E-state index in [4.69, 9.17) is 0 Å². The van der Waals surface area contributed by atoms with Crippen molar-refractivity contribution in [3.8, 4) is 0 Å². The minimum Gasteiger partial charge on any atom is -0.357 e. The highest BCUT2D eigenvalue weighted by atomic mass is 32.2. The molecule has 0 amide bonds. The van der Waals surface area contributed by atoms with Crippen LogP contribution in [0.5, 0.6) is 0 Å². The minimum atomic E-state index is 0.411. The third-order valence-corrected chi connectivity index (χ3v) is 4.68. The molecule has 0 fully saturated rings. The quantitative estimate of drug-likeness (QED) is 0.735. The second kappa shape index (κ2) is 4.11. The Labute approximate surface area is 106 Å². The van der Waals surface area contributed by atoms with Crippen LogP contribution in [0.3, 0.4) is 0 Å². The number of aryl methyl sites for hydroxylation is 1. The lowest BCUT2D eigenvalue weighted by atomic mass is 10.1. The summed E-state index contributed by atoms with van der Waals surface area (Å²) in [5.74, 6) is 0. The van der Waals surface area contributed by atoms with E-state index in [0.717, 1.165) is 0 Å². The van der Waals surface area contributed by atoms with Crippen LogP contribution in [0, 0.1) is 6.92 Å². The zero-order valence-electron chi connectivity index (χ0n) is 10.1. The van der Waals surface area contributed by atoms with E-state index in [9.17, 15) is 0 Å². The third kappa shape index (κ3) is 1.73. The summed E-state index contributed by atoms with van der Waals surface area (Å²) in [5, 5.41) is 0.411. The first-order valence-corrected chi connectivity index (χ1v) is 6.69. The van der Waals surface area contributed by atoms with Gasteiger partial charge in [0.1, 0.15) is 5.37 Å². The maximum atomic E-state index is 2.36. The number of fused-ring (bicyclic) bond motifs is 1. The summed E-state index contributed by atoms with van der Waals surface area (Å²) >= 11 is 1.94. The lowest BCUT2D eigenvalue weighted by Gasteiger charge is -2.23. The van der Waals surface area contributed by atoms with Crippen molar-refractivity contribution in [3.05, 3.63) is 59.7 Å². The Hall–Kier alpha value is -1.41. The molecule has 86 valence electrons. The molecule has 2 heteroatoms. The third-order valence-electron chi connectivity index (χ3n) is 3.29. The van der Waals surface area contributed by atoms with Crippen molar-refractivity contribution < 1.29 is 0 Å². The molecule has 0 aromatic heterocycles. The van der Waals surface area contributed by atoms with E-state index in [1.165, 1.54) is 21.7 Å². The lowest BCUT2D eigenvalue weighted by Crippen LogP contribution is -2.17. The first kappa shape index (κ1) is 10.7. The monoisotopic (exact) mass is 241 g/mol. The van der Waals surface area contributed by atoms with E-state index in [2.05, 4.69) is 67.4 Å². The van der Waals surface area contributed by atoms with Gasteiger partial charge < -0.3 is 4.90 Å². The van der Waals surface area contributed by atoms with Crippen LogP contribution < -0.4 is 4.90 Å². The molecule has 3 rings (SSSR count). The average molecular weight is 241 g/mol. The number of anilines is 1. The van der Waals surface area contributed by atoms with Crippen LogP contribution in [0.1, 0.15) is 16.5 Å². The van der Waals surface area contributed by atoms with E-state index in [1.807, 2.05) is 11.8 Å².